The summed E-state index contributed by atoms with van der Waals surface area (Å²) in [5.41, 5.74) is 2.60. The van der Waals surface area contributed by atoms with E-state index in [2.05, 4.69) is 10.4 Å². The van der Waals surface area contributed by atoms with Crippen LogP contribution < -0.4 is 5.32 Å². The van der Waals surface area contributed by atoms with Crippen molar-refractivity contribution < 1.29 is 14.3 Å². The molecule has 1 aromatic heterocycles. The summed E-state index contributed by atoms with van der Waals surface area (Å²) in [4.78, 5) is 25.2. The molecule has 6 heteroatoms. The molecule has 1 heterocycles. The number of nitrogens with zero attached hydrogens (tertiary/aromatic N) is 2. The molecule has 1 fully saturated rings. The lowest BCUT2D eigenvalue weighted by molar-refractivity contribution is -0.125. The van der Waals surface area contributed by atoms with Crippen LogP contribution in [-0.4, -0.2) is 34.3 Å². The van der Waals surface area contributed by atoms with Gasteiger partial charge in [-0.05, 0) is 31.0 Å². The van der Waals surface area contributed by atoms with Gasteiger partial charge in [0.2, 0.25) is 0 Å². The average Bonchev–Trinajstić information content (AvgIpc) is 3.11. The molecule has 2 aromatic carbocycles. The van der Waals surface area contributed by atoms with Gasteiger partial charge in [0.05, 0.1) is 11.4 Å². The molecular weight excluding hydrogens is 390 g/mol. The van der Waals surface area contributed by atoms with Crippen molar-refractivity contribution in [3.8, 4) is 16.9 Å². The zero-order valence-electron chi connectivity index (χ0n) is 17.5. The normalized spacial score (nSPS) is 14.6. The first kappa shape index (κ1) is 20.8. The Balaban J connectivity index is 1.48. The third kappa shape index (κ3) is 5.40. The smallest absolute Gasteiger partial charge is 0.357 e. The van der Waals surface area contributed by atoms with E-state index in [1.54, 1.807) is 10.7 Å². The van der Waals surface area contributed by atoms with Gasteiger partial charge < -0.3 is 10.1 Å². The van der Waals surface area contributed by atoms with Gasteiger partial charge in [0.25, 0.3) is 5.91 Å². The van der Waals surface area contributed by atoms with Crippen LogP contribution in [0.25, 0.3) is 16.9 Å². The van der Waals surface area contributed by atoms with E-state index < -0.39 is 5.97 Å². The van der Waals surface area contributed by atoms with E-state index in [-0.39, 0.29) is 24.2 Å². The van der Waals surface area contributed by atoms with Crippen LogP contribution in [0.1, 0.15) is 49.0 Å². The molecule has 1 aliphatic rings. The van der Waals surface area contributed by atoms with Crippen LogP contribution in [0.15, 0.2) is 66.7 Å². The molecule has 160 valence electrons. The van der Waals surface area contributed by atoms with Gasteiger partial charge in [-0.1, -0.05) is 74.2 Å². The number of carbonyl (C=O) groups is 2. The second kappa shape index (κ2) is 10.1. The Labute approximate surface area is 182 Å². The Morgan fingerprint density at radius 3 is 2.26 bits per heavy atom. The van der Waals surface area contributed by atoms with Gasteiger partial charge in [-0.3, -0.25) is 4.79 Å². The number of hydrogen-bond acceptors (Lipinski definition) is 4. The highest BCUT2D eigenvalue weighted by Crippen LogP contribution is 2.22. The van der Waals surface area contributed by atoms with Crippen molar-refractivity contribution in [3.63, 3.8) is 0 Å². The Morgan fingerprint density at radius 2 is 1.58 bits per heavy atom. The summed E-state index contributed by atoms with van der Waals surface area (Å²) in [6.45, 7) is -0.296. The van der Waals surface area contributed by atoms with Crippen molar-refractivity contribution in [1.29, 1.82) is 0 Å². The van der Waals surface area contributed by atoms with Gasteiger partial charge in [-0.2, -0.15) is 5.10 Å². The van der Waals surface area contributed by atoms with Crippen LogP contribution in [0.4, 0.5) is 0 Å². The minimum absolute atomic E-state index is 0.174. The topological polar surface area (TPSA) is 73.2 Å². The Bertz CT molecular complexity index is 1010. The summed E-state index contributed by atoms with van der Waals surface area (Å²) in [7, 11) is 0. The molecule has 0 saturated heterocycles. The SMILES string of the molecule is O=C(COC(=O)c1cc(-c2ccccc2)nn1-c1ccccc1)NC1CCCCCC1. The molecule has 1 saturated carbocycles. The number of carbonyl (C=O) groups excluding carboxylic acids is 2. The van der Waals surface area contributed by atoms with Gasteiger partial charge in [-0.15, -0.1) is 0 Å². The van der Waals surface area contributed by atoms with Gasteiger partial charge >= 0.3 is 5.97 Å². The standard InChI is InChI=1S/C25H27N3O3/c29-24(26-20-13-7-1-2-8-14-20)18-31-25(30)23-17-22(19-11-5-3-6-12-19)27-28(23)21-15-9-4-10-16-21/h3-6,9-12,15-17,20H,1-2,7-8,13-14,18H2,(H,26,29). The first-order valence-corrected chi connectivity index (χ1v) is 10.9. The monoisotopic (exact) mass is 417 g/mol. The first-order chi connectivity index (χ1) is 15.2. The number of esters is 1. The summed E-state index contributed by atoms with van der Waals surface area (Å²) >= 11 is 0. The van der Waals surface area contributed by atoms with Crippen molar-refractivity contribution in [3.05, 3.63) is 72.4 Å². The lowest BCUT2D eigenvalue weighted by Crippen LogP contribution is -2.37. The maximum Gasteiger partial charge on any atom is 0.357 e. The Morgan fingerprint density at radius 1 is 0.935 bits per heavy atom. The molecule has 0 unspecified atom stereocenters. The van der Waals surface area contributed by atoms with Gasteiger partial charge in [0.1, 0.15) is 0 Å². The third-order valence-electron chi connectivity index (χ3n) is 5.54. The summed E-state index contributed by atoms with van der Waals surface area (Å²) in [6, 6.07) is 20.9. The third-order valence-corrected chi connectivity index (χ3v) is 5.54. The molecule has 0 bridgehead atoms. The highest BCUT2D eigenvalue weighted by atomic mass is 16.5. The average molecular weight is 418 g/mol. The van der Waals surface area contributed by atoms with Crippen LogP contribution in [0, 0.1) is 0 Å². The molecule has 0 atom stereocenters. The number of amides is 1. The van der Waals surface area contributed by atoms with Gasteiger partial charge in [-0.25, -0.2) is 9.48 Å². The van der Waals surface area contributed by atoms with E-state index >= 15 is 0 Å². The largest absolute Gasteiger partial charge is 0.451 e. The molecule has 1 amide bonds. The summed E-state index contributed by atoms with van der Waals surface area (Å²) < 4.78 is 6.93. The predicted octanol–water partition coefficient (Wildman–Crippen LogP) is 4.54. The zero-order chi connectivity index (χ0) is 21.5. The molecule has 31 heavy (non-hydrogen) atoms. The van der Waals surface area contributed by atoms with Crippen molar-refractivity contribution in [2.75, 3.05) is 6.61 Å². The van der Waals surface area contributed by atoms with Crippen LogP contribution in [0.5, 0.6) is 0 Å². The van der Waals surface area contributed by atoms with Crippen molar-refractivity contribution in [1.82, 2.24) is 15.1 Å². The summed E-state index contributed by atoms with van der Waals surface area (Å²) in [6.07, 6.45) is 6.66. The molecule has 3 aromatic rings. The van der Waals surface area contributed by atoms with Crippen molar-refractivity contribution in [2.45, 2.75) is 44.6 Å². The summed E-state index contributed by atoms with van der Waals surface area (Å²) in [5, 5.41) is 7.62. The van der Waals surface area contributed by atoms with E-state index in [1.807, 2.05) is 60.7 Å². The number of aromatic nitrogens is 2. The molecule has 0 spiro atoms. The van der Waals surface area contributed by atoms with E-state index in [4.69, 9.17) is 4.74 Å². The maximum absolute atomic E-state index is 12.9. The number of hydrogen-bond donors (Lipinski definition) is 1. The minimum Gasteiger partial charge on any atom is -0.451 e. The first-order valence-electron chi connectivity index (χ1n) is 10.9. The summed E-state index contributed by atoms with van der Waals surface area (Å²) in [5.74, 6) is -0.830. The molecule has 0 aliphatic heterocycles. The quantitative estimate of drug-likeness (QED) is 0.472. The van der Waals surface area contributed by atoms with E-state index in [0.717, 1.165) is 36.9 Å². The lowest BCUT2D eigenvalue weighted by atomic mass is 10.1. The second-order valence-electron chi connectivity index (χ2n) is 7.86. The number of rotatable bonds is 6. The van der Waals surface area contributed by atoms with Crippen LogP contribution in [0.3, 0.4) is 0 Å². The number of para-hydroxylation sites is 1. The van der Waals surface area contributed by atoms with Crippen molar-refractivity contribution in [2.24, 2.45) is 0 Å². The van der Waals surface area contributed by atoms with Crippen LogP contribution >= 0.6 is 0 Å². The predicted molar refractivity (Wildman–Crippen MR) is 119 cm³/mol. The number of nitrogens with one attached hydrogen (secondary N) is 1. The molecule has 4 rings (SSSR count). The van der Waals surface area contributed by atoms with Crippen molar-refractivity contribution >= 4 is 11.9 Å². The minimum atomic E-state index is -0.574. The lowest BCUT2D eigenvalue weighted by Gasteiger charge is -2.16. The molecule has 6 nitrogen and oxygen atoms in total. The van der Waals surface area contributed by atoms with Gasteiger partial charge in [0.15, 0.2) is 12.3 Å². The van der Waals surface area contributed by atoms with E-state index in [0.29, 0.717) is 5.69 Å². The highest BCUT2D eigenvalue weighted by Gasteiger charge is 2.21. The van der Waals surface area contributed by atoms with Crippen LogP contribution in [-0.2, 0) is 9.53 Å². The van der Waals surface area contributed by atoms with Gasteiger partial charge in [0, 0.05) is 11.6 Å². The Kier molecular flexibility index (Phi) is 6.77. The fourth-order valence-electron chi connectivity index (χ4n) is 3.94. The van der Waals surface area contributed by atoms with E-state index in [9.17, 15) is 9.59 Å². The maximum atomic E-state index is 12.9. The van der Waals surface area contributed by atoms with E-state index in [1.165, 1.54) is 12.8 Å². The second-order valence-corrected chi connectivity index (χ2v) is 7.86. The number of benzene rings is 2. The zero-order valence-corrected chi connectivity index (χ0v) is 17.5. The molecule has 1 aliphatic carbocycles. The molecular formula is C25H27N3O3. The van der Waals surface area contributed by atoms with Crippen LogP contribution in [0.2, 0.25) is 0 Å². The number of ether oxygens (including phenoxy) is 1. The highest BCUT2D eigenvalue weighted by molar-refractivity contribution is 5.91. The fourth-order valence-corrected chi connectivity index (χ4v) is 3.94. The molecule has 1 N–H and O–H groups in total. The Hall–Kier alpha value is -3.41. The molecule has 0 radical (unpaired) electrons. The fraction of sp³-hybridized carbons (Fsp3) is 0.320.